The quantitative estimate of drug-likeness (QED) is 0.683. The van der Waals surface area contributed by atoms with Crippen LogP contribution in [-0.2, 0) is 4.74 Å². The highest BCUT2D eigenvalue weighted by Gasteiger charge is 2.24. The molecule has 0 radical (unpaired) electrons. The minimum atomic E-state index is -0.660. The molecule has 0 spiro atoms. The van der Waals surface area contributed by atoms with Crippen LogP contribution < -0.4 is 16.8 Å². The third kappa shape index (κ3) is 2.68. The van der Waals surface area contributed by atoms with Gasteiger partial charge in [0.1, 0.15) is 9.88 Å². The molecule has 0 atom stereocenters. The maximum atomic E-state index is 11.4. The predicted octanol–water partition coefficient (Wildman–Crippen LogP) is 1.04. The topological polar surface area (TPSA) is 107 Å². The van der Waals surface area contributed by atoms with Crippen LogP contribution >= 0.6 is 11.3 Å². The predicted molar refractivity (Wildman–Crippen MR) is 67.4 cm³/mol. The molecular weight excluding hydrogens is 242 g/mol. The normalized spacial score (nSPS) is 10.0. The van der Waals surface area contributed by atoms with E-state index in [1.165, 1.54) is 7.11 Å². The van der Waals surface area contributed by atoms with Crippen LogP contribution in [0, 0.1) is 0 Å². The molecule has 0 fully saturated rings. The summed E-state index contributed by atoms with van der Waals surface area (Å²) in [4.78, 5) is 22.9. The minimum absolute atomic E-state index is 0.0768. The molecule has 17 heavy (non-hydrogen) atoms. The van der Waals surface area contributed by atoms with Crippen molar-refractivity contribution >= 4 is 33.9 Å². The van der Waals surface area contributed by atoms with E-state index in [1.54, 1.807) is 0 Å². The van der Waals surface area contributed by atoms with Gasteiger partial charge in [-0.25, -0.2) is 4.79 Å². The van der Waals surface area contributed by atoms with E-state index in [1.807, 2.05) is 6.92 Å². The fourth-order valence-corrected chi connectivity index (χ4v) is 2.37. The number of methoxy groups -OCH3 is 1. The molecule has 1 amide bonds. The first-order valence-corrected chi connectivity index (χ1v) is 5.88. The van der Waals surface area contributed by atoms with E-state index in [9.17, 15) is 9.59 Å². The summed E-state index contributed by atoms with van der Waals surface area (Å²) >= 11 is 1.08. The van der Waals surface area contributed by atoms with Gasteiger partial charge >= 0.3 is 5.97 Å². The van der Waals surface area contributed by atoms with Crippen LogP contribution in [-0.4, -0.2) is 25.5 Å². The Bertz CT molecular complexity index is 442. The third-order valence-electron chi connectivity index (χ3n) is 2.10. The first-order chi connectivity index (χ1) is 8.02. The van der Waals surface area contributed by atoms with Gasteiger partial charge in [-0.05, 0) is 6.42 Å². The van der Waals surface area contributed by atoms with Gasteiger partial charge in [0.25, 0.3) is 5.91 Å². The van der Waals surface area contributed by atoms with Crippen molar-refractivity contribution in [2.75, 3.05) is 24.7 Å². The van der Waals surface area contributed by atoms with Crippen molar-refractivity contribution in [2.24, 2.45) is 5.73 Å². The van der Waals surface area contributed by atoms with Gasteiger partial charge in [0, 0.05) is 6.54 Å². The number of hydrogen-bond donors (Lipinski definition) is 3. The number of hydrogen-bond acceptors (Lipinski definition) is 6. The van der Waals surface area contributed by atoms with Crippen molar-refractivity contribution < 1.29 is 14.3 Å². The van der Waals surface area contributed by atoms with Crippen molar-refractivity contribution in [3.05, 3.63) is 10.4 Å². The van der Waals surface area contributed by atoms with Crippen LogP contribution in [0.15, 0.2) is 0 Å². The fourth-order valence-electron chi connectivity index (χ4n) is 1.30. The highest BCUT2D eigenvalue weighted by molar-refractivity contribution is 7.19. The number of nitrogens with two attached hydrogens (primary N) is 2. The second kappa shape index (κ2) is 5.53. The molecule has 0 aromatic carbocycles. The van der Waals surface area contributed by atoms with E-state index in [0.717, 1.165) is 17.8 Å². The zero-order valence-corrected chi connectivity index (χ0v) is 10.5. The van der Waals surface area contributed by atoms with Gasteiger partial charge in [0.2, 0.25) is 0 Å². The lowest BCUT2D eigenvalue weighted by Gasteiger charge is -2.03. The van der Waals surface area contributed by atoms with Crippen LogP contribution in [0.1, 0.15) is 33.4 Å². The molecule has 0 aliphatic carbocycles. The molecule has 0 aliphatic rings. The summed E-state index contributed by atoms with van der Waals surface area (Å²) in [6.07, 6.45) is 0.879. The van der Waals surface area contributed by atoms with E-state index >= 15 is 0 Å². The molecule has 0 saturated heterocycles. The van der Waals surface area contributed by atoms with Gasteiger partial charge < -0.3 is 21.5 Å². The Morgan fingerprint density at radius 2 is 2.12 bits per heavy atom. The Labute approximate surface area is 103 Å². The molecule has 0 unspecified atom stereocenters. The average Bonchev–Trinajstić information content (AvgIpc) is 2.62. The average molecular weight is 257 g/mol. The van der Waals surface area contributed by atoms with Crippen molar-refractivity contribution in [1.82, 2.24) is 0 Å². The van der Waals surface area contributed by atoms with Crippen LogP contribution in [0.3, 0.4) is 0 Å². The number of ether oxygens (including phenoxy) is 1. The number of thiophene rings is 1. The lowest BCUT2D eigenvalue weighted by Crippen LogP contribution is -2.15. The van der Waals surface area contributed by atoms with Gasteiger partial charge in [0.15, 0.2) is 0 Å². The second-order valence-electron chi connectivity index (χ2n) is 3.33. The summed E-state index contributed by atoms with van der Waals surface area (Å²) < 4.78 is 4.58. The number of anilines is 2. The number of rotatable bonds is 5. The number of carbonyl (C=O) groups excluding carboxylic acids is 2. The molecule has 1 aromatic rings. The Morgan fingerprint density at radius 3 is 2.59 bits per heavy atom. The van der Waals surface area contributed by atoms with E-state index < -0.39 is 11.9 Å². The first kappa shape index (κ1) is 13.3. The largest absolute Gasteiger partial charge is 0.465 e. The third-order valence-corrected chi connectivity index (χ3v) is 3.24. The number of carbonyl (C=O) groups is 2. The Morgan fingerprint density at radius 1 is 1.47 bits per heavy atom. The number of amides is 1. The SMILES string of the molecule is CCCNc1sc(C(=O)OC)c(N)c1C(N)=O. The lowest BCUT2D eigenvalue weighted by atomic mass is 10.2. The molecule has 6 nitrogen and oxygen atoms in total. The monoisotopic (exact) mass is 257 g/mol. The van der Waals surface area contributed by atoms with E-state index in [2.05, 4.69) is 10.1 Å². The van der Waals surface area contributed by atoms with E-state index in [-0.39, 0.29) is 16.1 Å². The fraction of sp³-hybridized carbons (Fsp3) is 0.400. The van der Waals surface area contributed by atoms with E-state index in [0.29, 0.717) is 11.5 Å². The minimum Gasteiger partial charge on any atom is -0.465 e. The molecule has 5 N–H and O–H groups in total. The molecule has 1 rings (SSSR count). The first-order valence-electron chi connectivity index (χ1n) is 5.07. The number of primary amides is 1. The molecule has 1 aromatic heterocycles. The number of nitrogens with one attached hydrogen (secondary N) is 1. The van der Waals surface area contributed by atoms with Gasteiger partial charge in [-0.1, -0.05) is 6.92 Å². The van der Waals surface area contributed by atoms with Crippen molar-refractivity contribution in [1.29, 1.82) is 0 Å². The number of esters is 1. The Kier molecular flexibility index (Phi) is 4.33. The highest BCUT2D eigenvalue weighted by Crippen LogP contribution is 2.35. The van der Waals surface area contributed by atoms with Crippen LogP contribution in [0.25, 0.3) is 0 Å². The van der Waals surface area contributed by atoms with Crippen molar-refractivity contribution in [3.8, 4) is 0 Å². The van der Waals surface area contributed by atoms with Gasteiger partial charge in [-0.3, -0.25) is 4.79 Å². The molecule has 0 bridgehead atoms. The Balaban J connectivity index is 3.19. The van der Waals surface area contributed by atoms with Crippen molar-refractivity contribution in [3.63, 3.8) is 0 Å². The van der Waals surface area contributed by atoms with E-state index in [4.69, 9.17) is 11.5 Å². The molecule has 94 valence electrons. The summed E-state index contributed by atoms with van der Waals surface area (Å²) in [5, 5.41) is 3.53. The summed E-state index contributed by atoms with van der Waals surface area (Å²) in [7, 11) is 1.25. The summed E-state index contributed by atoms with van der Waals surface area (Å²) in [5.74, 6) is -1.23. The maximum absolute atomic E-state index is 11.4. The smallest absolute Gasteiger partial charge is 0.350 e. The van der Waals surface area contributed by atoms with Crippen LogP contribution in [0.2, 0.25) is 0 Å². The van der Waals surface area contributed by atoms with Gasteiger partial charge in [0.05, 0.1) is 18.4 Å². The Hall–Kier alpha value is -1.76. The van der Waals surface area contributed by atoms with Gasteiger partial charge in [-0.15, -0.1) is 11.3 Å². The zero-order chi connectivity index (χ0) is 13.0. The van der Waals surface area contributed by atoms with Crippen molar-refractivity contribution in [2.45, 2.75) is 13.3 Å². The lowest BCUT2D eigenvalue weighted by molar-refractivity contribution is 0.0607. The maximum Gasteiger partial charge on any atom is 0.350 e. The van der Waals surface area contributed by atoms with Crippen LogP contribution in [0.5, 0.6) is 0 Å². The summed E-state index contributed by atoms with van der Waals surface area (Å²) in [5.41, 5.74) is 11.2. The van der Waals surface area contributed by atoms with Gasteiger partial charge in [-0.2, -0.15) is 0 Å². The zero-order valence-electron chi connectivity index (χ0n) is 9.70. The van der Waals surface area contributed by atoms with Crippen LogP contribution in [0.4, 0.5) is 10.7 Å². The summed E-state index contributed by atoms with van der Waals surface area (Å²) in [6, 6.07) is 0. The highest BCUT2D eigenvalue weighted by atomic mass is 32.1. The standard InChI is InChI=1S/C10H15N3O3S/c1-3-4-13-9-5(8(12)14)6(11)7(17-9)10(15)16-2/h13H,3-4,11H2,1-2H3,(H2,12,14). The summed E-state index contributed by atoms with van der Waals surface area (Å²) in [6.45, 7) is 2.65. The number of nitrogen functional groups attached to an aromatic ring is 1. The molecular formula is C10H15N3O3S. The molecule has 0 aliphatic heterocycles. The second-order valence-corrected chi connectivity index (χ2v) is 4.35. The molecule has 7 heteroatoms. The molecule has 0 saturated carbocycles. The molecule has 1 heterocycles.